The van der Waals surface area contributed by atoms with Crippen molar-refractivity contribution in [2.45, 2.75) is 6.92 Å². The van der Waals surface area contributed by atoms with Crippen LogP contribution in [0, 0.1) is 0 Å². The molecule has 0 saturated heterocycles. The Hall–Kier alpha value is -0.910. The Bertz CT molecular complexity index is 227. The van der Waals surface area contributed by atoms with Gasteiger partial charge in [0.25, 0.3) is 0 Å². The van der Waals surface area contributed by atoms with Crippen LogP contribution in [-0.4, -0.2) is 55.3 Å². The molecule has 0 fully saturated rings. The Balaban J connectivity index is 1.95. The van der Waals surface area contributed by atoms with Crippen molar-refractivity contribution in [2.75, 3.05) is 39.6 Å². The third kappa shape index (κ3) is 5.51. The van der Waals surface area contributed by atoms with Gasteiger partial charge in [-0.15, -0.1) is 0 Å². The van der Waals surface area contributed by atoms with E-state index in [-0.39, 0.29) is 6.61 Å². The molecule has 0 atom stereocenters. The summed E-state index contributed by atoms with van der Waals surface area (Å²) in [7, 11) is 0. The first-order valence-electron chi connectivity index (χ1n) is 5.28. The molecule has 0 aromatic carbocycles. The number of aliphatic hydroxyl groups is 1. The van der Waals surface area contributed by atoms with Crippen LogP contribution in [0.25, 0.3) is 0 Å². The second-order valence-electron chi connectivity index (χ2n) is 3.48. The first-order chi connectivity index (χ1) is 7.33. The number of hydrogen-bond donors (Lipinski definition) is 3. The molecule has 0 spiro atoms. The zero-order valence-electron chi connectivity index (χ0n) is 9.24. The van der Waals surface area contributed by atoms with Crippen LogP contribution < -0.4 is 10.6 Å². The predicted octanol–water partition coefficient (Wildman–Crippen LogP) is -0.637. The summed E-state index contributed by atoms with van der Waals surface area (Å²) in [5.74, 6) is 0. The van der Waals surface area contributed by atoms with Gasteiger partial charge in [-0.25, -0.2) is 0 Å². The van der Waals surface area contributed by atoms with Gasteiger partial charge in [-0.3, -0.25) is 10.3 Å². The van der Waals surface area contributed by atoms with E-state index in [1.54, 1.807) is 0 Å². The van der Waals surface area contributed by atoms with Crippen molar-refractivity contribution in [3.05, 3.63) is 12.3 Å². The van der Waals surface area contributed by atoms with E-state index in [1.807, 2.05) is 13.0 Å². The number of hydrogen-bond acceptors (Lipinski definition) is 5. The van der Waals surface area contributed by atoms with Crippen molar-refractivity contribution in [3.8, 4) is 0 Å². The molecule has 1 rings (SSSR count). The normalized spacial score (nSPS) is 15.6. The molecule has 0 radical (unpaired) electrons. The lowest BCUT2D eigenvalue weighted by Gasteiger charge is -2.21. The van der Waals surface area contributed by atoms with E-state index < -0.39 is 0 Å². The predicted molar refractivity (Wildman–Crippen MR) is 61.8 cm³/mol. The minimum Gasteiger partial charge on any atom is -0.395 e. The molecule has 3 N–H and O–H groups in total. The Kier molecular flexibility index (Phi) is 5.99. The third-order valence-corrected chi connectivity index (χ3v) is 2.11. The highest BCUT2D eigenvalue weighted by Crippen LogP contribution is 1.96. The van der Waals surface area contributed by atoms with Crippen LogP contribution in [0.2, 0.25) is 0 Å². The maximum Gasteiger partial charge on any atom is 0.111 e. The van der Waals surface area contributed by atoms with Crippen molar-refractivity contribution in [3.63, 3.8) is 0 Å². The SMILES string of the molecule is CC1=NCN(CNCCNCCO)C=C1. The summed E-state index contributed by atoms with van der Waals surface area (Å²) in [6.45, 7) is 6.18. The van der Waals surface area contributed by atoms with Gasteiger partial charge in [0.15, 0.2) is 0 Å². The molecule has 5 heteroatoms. The van der Waals surface area contributed by atoms with Gasteiger partial charge in [0.2, 0.25) is 0 Å². The van der Waals surface area contributed by atoms with Crippen molar-refractivity contribution in [2.24, 2.45) is 4.99 Å². The summed E-state index contributed by atoms with van der Waals surface area (Å²) in [5.41, 5.74) is 1.08. The van der Waals surface area contributed by atoms with E-state index in [0.717, 1.165) is 32.1 Å². The van der Waals surface area contributed by atoms with Crippen LogP contribution in [0.1, 0.15) is 6.92 Å². The van der Waals surface area contributed by atoms with Gasteiger partial charge in [0, 0.05) is 31.5 Å². The van der Waals surface area contributed by atoms with Crippen molar-refractivity contribution in [1.29, 1.82) is 0 Å². The highest BCUT2D eigenvalue weighted by atomic mass is 16.3. The minimum atomic E-state index is 0.197. The lowest BCUT2D eigenvalue weighted by molar-refractivity contribution is 0.291. The smallest absolute Gasteiger partial charge is 0.111 e. The first kappa shape index (κ1) is 12.2. The van der Waals surface area contributed by atoms with Gasteiger partial charge >= 0.3 is 0 Å². The fraction of sp³-hybridized carbons (Fsp3) is 0.700. The molecule has 1 heterocycles. The van der Waals surface area contributed by atoms with Crippen molar-refractivity contribution < 1.29 is 5.11 Å². The summed E-state index contributed by atoms with van der Waals surface area (Å²) < 4.78 is 0. The summed E-state index contributed by atoms with van der Waals surface area (Å²) in [5, 5.41) is 14.9. The van der Waals surface area contributed by atoms with Crippen LogP contribution in [0.4, 0.5) is 0 Å². The van der Waals surface area contributed by atoms with E-state index in [9.17, 15) is 0 Å². The van der Waals surface area contributed by atoms with E-state index in [2.05, 4.69) is 26.7 Å². The fourth-order valence-corrected chi connectivity index (χ4v) is 1.22. The van der Waals surface area contributed by atoms with Crippen LogP contribution >= 0.6 is 0 Å². The highest BCUT2D eigenvalue weighted by molar-refractivity contribution is 5.93. The summed E-state index contributed by atoms with van der Waals surface area (Å²) >= 11 is 0. The molecule has 0 aromatic heterocycles. The van der Waals surface area contributed by atoms with Crippen LogP contribution in [0.3, 0.4) is 0 Å². The number of aliphatic hydroxyl groups excluding tert-OH is 1. The summed E-state index contributed by atoms with van der Waals surface area (Å²) in [6, 6.07) is 0. The van der Waals surface area contributed by atoms with Crippen LogP contribution in [0.15, 0.2) is 17.3 Å². The van der Waals surface area contributed by atoms with Crippen molar-refractivity contribution >= 4 is 5.71 Å². The highest BCUT2D eigenvalue weighted by Gasteiger charge is 2.01. The standard InChI is InChI=1S/C10H20N4O/c1-10-2-6-14(9-13-10)8-12-4-3-11-5-7-15/h2,6,11-12,15H,3-5,7-9H2,1H3. The van der Waals surface area contributed by atoms with Gasteiger partial charge in [0.05, 0.1) is 13.3 Å². The minimum absolute atomic E-state index is 0.197. The number of rotatable bonds is 7. The van der Waals surface area contributed by atoms with Gasteiger partial charge < -0.3 is 15.3 Å². The van der Waals surface area contributed by atoms with E-state index >= 15 is 0 Å². The molecule has 1 aliphatic rings. The molecular formula is C10H20N4O. The molecule has 1 aliphatic heterocycles. The topological polar surface area (TPSA) is 59.9 Å². The van der Waals surface area contributed by atoms with Gasteiger partial charge in [-0.1, -0.05) is 0 Å². The second kappa shape index (κ2) is 7.39. The van der Waals surface area contributed by atoms with Crippen molar-refractivity contribution in [1.82, 2.24) is 15.5 Å². The van der Waals surface area contributed by atoms with E-state index in [0.29, 0.717) is 6.54 Å². The monoisotopic (exact) mass is 212 g/mol. The van der Waals surface area contributed by atoms with Gasteiger partial charge in [0.1, 0.15) is 6.67 Å². The number of nitrogens with one attached hydrogen (secondary N) is 2. The Morgan fingerprint density at radius 1 is 1.40 bits per heavy atom. The largest absolute Gasteiger partial charge is 0.395 e. The zero-order valence-corrected chi connectivity index (χ0v) is 9.24. The molecule has 0 amide bonds. The number of allylic oxidation sites excluding steroid dienone is 1. The molecule has 15 heavy (non-hydrogen) atoms. The number of aliphatic imine (C=N–C) groups is 1. The Morgan fingerprint density at radius 3 is 2.87 bits per heavy atom. The third-order valence-electron chi connectivity index (χ3n) is 2.11. The van der Waals surface area contributed by atoms with E-state index in [4.69, 9.17) is 5.11 Å². The summed E-state index contributed by atoms with van der Waals surface area (Å²) in [4.78, 5) is 6.42. The first-order valence-corrected chi connectivity index (χ1v) is 5.28. The molecule has 5 nitrogen and oxygen atoms in total. The van der Waals surface area contributed by atoms with Gasteiger partial charge in [-0.05, 0) is 13.0 Å². The van der Waals surface area contributed by atoms with Crippen LogP contribution in [-0.2, 0) is 0 Å². The second-order valence-corrected chi connectivity index (χ2v) is 3.48. The molecule has 0 aromatic rings. The maximum atomic E-state index is 8.54. The Labute approximate surface area is 90.9 Å². The molecule has 0 aliphatic carbocycles. The molecule has 0 unspecified atom stereocenters. The zero-order chi connectivity index (χ0) is 10.9. The number of nitrogens with zero attached hydrogens (tertiary/aromatic N) is 2. The lowest BCUT2D eigenvalue weighted by atomic mass is 10.4. The average Bonchev–Trinajstić information content (AvgIpc) is 2.26. The maximum absolute atomic E-state index is 8.54. The average molecular weight is 212 g/mol. The summed E-state index contributed by atoms with van der Waals surface area (Å²) in [6.07, 6.45) is 4.06. The fourth-order valence-electron chi connectivity index (χ4n) is 1.22. The molecule has 0 saturated carbocycles. The quantitative estimate of drug-likeness (QED) is 0.491. The lowest BCUT2D eigenvalue weighted by Crippen LogP contribution is -2.36. The molecule has 86 valence electrons. The van der Waals surface area contributed by atoms with Gasteiger partial charge in [-0.2, -0.15) is 0 Å². The molecular weight excluding hydrogens is 192 g/mol. The van der Waals surface area contributed by atoms with Crippen LogP contribution in [0.5, 0.6) is 0 Å². The molecule has 0 bridgehead atoms. The van der Waals surface area contributed by atoms with E-state index in [1.165, 1.54) is 0 Å². The Morgan fingerprint density at radius 2 is 2.20 bits per heavy atom.